The van der Waals surface area contributed by atoms with Crippen LogP contribution in [0.2, 0.25) is 0 Å². The Morgan fingerprint density at radius 2 is 1.96 bits per heavy atom. The molecule has 0 aliphatic heterocycles. The van der Waals surface area contributed by atoms with Crippen molar-refractivity contribution in [2.75, 3.05) is 0 Å². The van der Waals surface area contributed by atoms with E-state index in [-0.39, 0.29) is 30.2 Å². The predicted molar refractivity (Wildman–Crippen MR) is 89.8 cm³/mol. The molecule has 7 heteroatoms. The SMILES string of the molecule is CC(C)NC(=O)c1coc(CN(Cc2ccc(F)cc2F)C(C)C)n1. The molecule has 0 aliphatic carbocycles. The van der Waals surface area contributed by atoms with E-state index in [2.05, 4.69) is 10.3 Å². The van der Waals surface area contributed by atoms with Crippen molar-refractivity contribution >= 4 is 5.91 Å². The second-order valence-corrected chi connectivity index (χ2v) is 6.49. The van der Waals surface area contributed by atoms with E-state index in [1.807, 2.05) is 32.6 Å². The van der Waals surface area contributed by atoms with Crippen LogP contribution in [0.15, 0.2) is 28.9 Å². The Morgan fingerprint density at radius 1 is 1.24 bits per heavy atom. The molecule has 0 spiro atoms. The number of benzene rings is 1. The minimum atomic E-state index is -0.606. The fourth-order valence-electron chi connectivity index (χ4n) is 2.29. The smallest absolute Gasteiger partial charge is 0.273 e. The Bertz CT molecular complexity index is 729. The lowest BCUT2D eigenvalue weighted by Crippen LogP contribution is -2.31. The van der Waals surface area contributed by atoms with E-state index in [1.54, 1.807) is 0 Å². The minimum Gasteiger partial charge on any atom is -0.447 e. The van der Waals surface area contributed by atoms with Gasteiger partial charge < -0.3 is 9.73 Å². The number of rotatable bonds is 7. The van der Waals surface area contributed by atoms with Gasteiger partial charge >= 0.3 is 0 Å². The average Bonchev–Trinajstić information content (AvgIpc) is 2.97. The first-order valence-corrected chi connectivity index (χ1v) is 8.19. The van der Waals surface area contributed by atoms with Gasteiger partial charge in [0.05, 0.1) is 6.54 Å². The van der Waals surface area contributed by atoms with Crippen LogP contribution in [0.1, 0.15) is 49.6 Å². The lowest BCUT2D eigenvalue weighted by atomic mass is 10.1. The fraction of sp³-hybridized carbons (Fsp3) is 0.444. The van der Waals surface area contributed by atoms with Crippen molar-refractivity contribution in [2.45, 2.75) is 52.9 Å². The zero-order valence-electron chi connectivity index (χ0n) is 14.8. The number of oxazole rings is 1. The predicted octanol–water partition coefficient (Wildman–Crippen LogP) is 3.50. The van der Waals surface area contributed by atoms with Crippen LogP contribution in [-0.2, 0) is 13.1 Å². The molecule has 1 aromatic carbocycles. The third-order valence-electron chi connectivity index (χ3n) is 3.66. The van der Waals surface area contributed by atoms with Crippen LogP contribution < -0.4 is 5.32 Å². The van der Waals surface area contributed by atoms with Gasteiger partial charge in [-0.05, 0) is 33.8 Å². The summed E-state index contributed by atoms with van der Waals surface area (Å²) in [4.78, 5) is 18.0. The summed E-state index contributed by atoms with van der Waals surface area (Å²) >= 11 is 0. The number of hydrogen-bond donors (Lipinski definition) is 1. The molecule has 1 heterocycles. The lowest BCUT2D eigenvalue weighted by Gasteiger charge is -2.25. The van der Waals surface area contributed by atoms with E-state index in [0.29, 0.717) is 18.0 Å². The zero-order chi connectivity index (χ0) is 18.6. The van der Waals surface area contributed by atoms with E-state index >= 15 is 0 Å². The Morgan fingerprint density at radius 3 is 2.56 bits per heavy atom. The van der Waals surface area contributed by atoms with Gasteiger partial charge in [0.15, 0.2) is 5.69 Å². The Kier molecular flexibility index (Phi) is 6.25. The molecule has 0 fully saturated rings. The number of hydrogen-bond acceptors (Lipinski definition) is 4. The largest absolute Gasteiger partial charge is 0.447 e. The van der Waals surface area contributed by atoms with Gasteiger partial charge in [-0.25, -0.2) is 13.8 Å². The number of nitrogens with zero attached hydrogens (tertiary/aromatic N) is 2. The maximum atomic E-state index is 13.9. The summed E-state index contributed by atoms with van der Waals surface area (Å²) in [5.74, 6) is -1.13. The van der Waals surface area contributed by atoms with Crippen molar-refractivity contribution in [3.05, 3.63) is 53.2 Å². The second kappa shape index (κ2) is 8.20. The highest BCUT2D eigenvalue weighted by molar-refractivity contribution is 5.92. The van der Waals surface area contributed by atoms with Crippen LogP contribution in [0.3, 0.4) is 0 Å². The Hall–Kier alpha value is -2.28. The molecular formula is C18H23F2N3O2. The maximum Gasteiger partial charge on any atom is 0.273 e. The zero-order valence-corrected chi connectivity index (χ0v) is 14.8. The molecule has 0 unspecified atom stereocenters. The summed E-state index contributed by atoms with van der Waals surface area (Å²) in [7, 11) is 0. The fourth-order valence-corrected chi connectivity index (χ4v) is 2.29. The van der Waals surface area contributed by atoms with Gasteiger partial charge in [0.25, 0.3) is 5.91 Å². The summed E-state index contributed by atoms with van der Waals surface area (Å²) in [5, 5.41) is 2.74. The summed E-state index contributed by atoms with van der Waals surface area (Å²) in [6, 6.07) is 3.60. The quantitative estimate of drug-likeness (QED) is 0.829. The molecule has 0 saturated carbocycles. The van der Waals surface area contributed by atoms with Crippen LogP contribution in [-0.4, -0.2) is 27.9 Å². The number of amides is 1. The van der Waals surface area contributed by atoms with Crippen LogP contribution >= 0.6 is 0 Å². The molecule has 0 radical (unpaired) electrons. The van der Waals surface area contributed by atoms with Gasteiger partial charge in [0.1, 0.15) is 17.9 Å². The number of carbonyl (C=O) groups excluding carboxylic acids is 1. The molecule has 1 amide bonds. The maximum absolute atomic E-state index is 13.9. The highest BCUT2D eigenvalue weighted by Crippen LogP contribution is 2.16. The lowest BCUT2D eigenvalue weighted by molar-refractivity contribution is 0.0938. The number of nitrogens with one attached hydrogen (secondary N) is 1. The third kappa shape index (κ3) is 5.35. The molecule has 1 aromatic heterocycles. The van der Waals surface area contributed by atoms with Gasteiger partial charge in [-0.2, -0.15) is 0 Å². The van der Waals surface area contributed by atoms with Crippen LogP contribution in [0.4, 0.5) is 8.78 Å². The highest BCUT2D eigenvalue weighted by Gasteiger charge is 2.18. The van der Waals surface area contributed by atoms with Crippen LogP contribution in [0, 0.1) is 11.6 Å². The summed E-state index contributed by atoms with van der Waals surface area (Å²) < 4.78 is 32.3. The first kappa shape index (κ1) is 19.1. The monoisotopic (exact) mass is 351 g/mol. The van der Waals surface area contributed by atoms with E-state index in [4.69, 9.17) is 4.42 Å². The molecule has 0 saturated heterocycles. The number of aromatic nitrogens is 1. The second-order valence-electron chi connectivity index (χ2n) is 6.49. The Balaban J connectivity index is 2.09. The molecule has 0 atom stereocenters. The topological polar surface area (TPSA) is 58.4 Å². The first-order chi connectivity index (χ1) is 11.8. The summed E-state index contributed by atoms with van der Waals surface area (Å²) in [6.45, 7) is 8.21. The van der Waals surface area contributed by atoms with Crippen molar-refractivity contribution < 1.29 is 18.0 Å². The van der Waals surface area contributed by atoms with Crippen LogP contribution in [0.5, 0.6) is 0 Å². The highest BCUT2D eigenvalue weighted by atomic mass is 19.1. The normalized spacial score (nSPS) is 11.6. The minimum absolute atomic E-state index is 0.00117. The van der Waals surface area contributed by atoms with Gasteiger partial charge in [0.2, 0.25) is 5.89 Å². The van der Waals surface area contributed by atoms with Crippen LogP contribution in [0.25, 0.3) is 0 Å². The molecule has 2 rings (SSSR count). The molecule has 5 nitrogen and oxygen atoms in total. The van der Waals surface area contributed by atoms with Crippen molar-refractivity contribution in [3.63, 3.8) is 0 Å². The van der Waals surface area contributed by atoms with E-state index in [0.717, 1.165) is 6.07 Å². The molecule has 25 heavy (non-hydrogen) atoms. The van der Waals surface area contributed by atoms with Gasteiger partial charge in [-0.1, -0.05) is 6.07 Å². The first-order valence-electron chi connectivity index (χ1n) is 8.19. The van der Waals surface area contributed by atoms with Crippen molar-refractivity contribution in [3.8, 4) is 0 Å². The average molecular weight is 351 g/mol. The van der Waals surface area contributed by atoms with Crippen molar-refractivity contribution in [2.24, 2.45) is 0 Å². The molecule has 0 aliphatic rings. The van der Waals surface area contributed by atoms with E-state index in [9.17, 15) is 13.6 Å². The third-order valence-corrected chi connectivity index (χ3v) is 3.66. The molecule has 0 bridgehead atoms. The van der Waals surface area contributed by atoms with Gasteiger partial charge in [-0.3, -0.25) is 9.69 Å². The summed E-state index contributed by atoms with van der Waals surface area (Å²) in [5.41, 5.74) is 0.597. The molecule has 2 aromatic rings. The molecular weight excluding hydrogens is 328 g/mol. The van der Waals surface area contributed by atoms with Gasteiger partial charge in [-0.15, -0.1) is 0 Å². The van der Waals surface area contributed by atoms with E-state index < -0.39 is 11.6 Å². The van der Waals surface area contributed by atoms with Crippen molar-refractivity contribution in [1.29, 1.82) is 0 Å². The van der Waals surface area contributed by atoms with E-state index in [1.165, 1.54) is 18.4 Å². The number of halogens is 2. The number of carbonyl (C=O) groups is 1. The standard InChI is InChI=1S/C18H23F2N3O2/c1-11(2)21-18(24)16-10-25-17(22-16)9-23(12(3)4)8-13-5-6-14(19)7-15(13)20/h5-7,10-12H,8-9H2,1-4H3,(H,21,24). The van der Waals surface area contributed by atoms with Gasteiger partial charge in [0, 0.05) is 30.3 Å². The Labute approximate surface area is 146 Å². The molecule has 1 N–H and O–H groups in total. The van der Waals surface area contributed by atoms with Crippen molar-refractivity contribution in [1.82, 2.24) is 15.2 Å². The summed E-state index contributed by atoms with van der Waals surface area (Å²) in [6.07, 6.45) is 1.31. The molecule has 136 valence electrons.